The van der Waals surface area contributed by atoms with E-state index in [0.29, 0.717) is 34.5 Å². The van der Waals surface area contributed by atoms with Gasteiger partial charge in [0.05, 0.1) is 6.20 Å². The predicted molar refractivity (Wildman–Crippen MR) is 133 cm³/mol. The molecule has 3 heterocycles. The van der Waals surface area contributed by atoms with Crippen LogP contribution in [0.3, 0.4) is 0 Å². The summed E-state index contributed by atoms with van der Waals surface area (Å²) in [5.41, 5.74) is 2.55. The van der Waals surface area contributed by atoms with Crippen molar-refractivity contribution in [3.8, 4) is 11.4 Å². The number of benzene rings is 2. The minimum absolute atomic E-state index is 0.0813. The summed E-state index contributed by atoms with van der Waals surface area (Å²) in [6.45, 7) is 3.98. The fourth-order valence-corrected chi connectivity index (χ4v) is 4.42. The van der Waals surface area contributed by atoms with Crippen molar-refractivity contribution in [1.82, 2.24) is 20.2 Å². The van der Waals surface area contributed by atoms with Crippen LogP contribution in [-0.2, 0) is 4.79 Å². The first kappa shape index (κ1) is 22.6. The van der Waals surface area contributed by atoms with E-state index in [1.807, 2.05) is 24.3 Å². The molecule has 35 heavy (non-hydrogen) atoms. The standard InChI is InChI=1S/C26H25FN6O2/c1-26(12-15-34)10-13-33(14-11-26)20-8-6-19(7-9-20)29-24-22-21(16-28-32-25(22)35)30-23(31-24)17-2-4-18(27)5-3-17/h2-9,15-16H,10-14H2,1H3,(H,32,35)(H,29,30,31). The zero-order valence-electron chi connectivity index (χ0n) is 19.3. The first-order chi connectivity index (χ1) is 16.9. The maximum Gasteiger partial charge on any atom is 0.277 e. The number of aromatic nitrogens is 4. The van der Waals surface area contributed by atoms with E-state index in [2.05, 4.69) is 37.3 Å². The molecule has 178 valence electrons. The highest BCUT2D eigenvalue weighted by Crippen LogP contribution is 2.35. The lowest BCUT2D eigenvalue weighted by molar-refractivity contribution is -0.109. The smallest absolute Gasteiger partial charge is 0.277 e. The Morgan fingerprint density at radius 1 is 1.09 bits per heavy atom. The van der Waals surface area contributed by atoms with Crippen LogP contribution >= 0.6 is 0 Å². The van der Waals surface area contributed by atoms with Crippen molar-refractivity contribution in [1.29, 1.82) is 0 Å². The Kier molecular flexibility index (Phi) is 5.98. The number of carbonyl (C=O) groups is 1. The third-order valence-electron chi connectivity index (χ3n) is 6.66. The Morgan fingerprint density at radius 3 is 2.49 bits per heavy atom. The number of fused-ring (bicyclic) bond motifs is 1. The molecule has 8 nitrogen and oxygen atoms in total. The normalized spacial score (nSPS) is 15.2. The van der Waals surface area contributed by atoms with Crippen LogP contribution in [0.2, 0.25) is 0 Å². The lowest BCUT2D eigenvalue weighted by atomic mass is 9.78. The first-order valence-electron chi connectivity index (χ1n) is 11.5. The predicted octanol–water partition coefficient (Wildman–Crippen LogP) is 4.46. The number of carbonyl (C=O) groups excluding carboxylic acids is 1. The molecule has 0 amide bonds. The van der Waals surface area contributed by atoms with Gasteiger partial charge in [-0.1, -0.05) is 6.92 Å². The summed E-state index contributed by atoms with van der Waals surface area (Å²) in [4.78, 5) is 34.8. The van der Waals surface area contributed by atoms with Gasteiger partial charge in [-0.3, -0.25) is 4.79 Å². The van der Waals surface area contributed by atoms with Gasteiger partial charge in [0.15, 0.2) is 5.82 Å². The van der Waals surface area contributed by atoms with E-state index in [-0.39, 0.29) is 11.2 Å². The number of rotatable bonds is 6. The van der Waals surface area contributed by atoms with Gasteiger partial charge in [-0.05, 0) is 66.8 Å². The van der Waals surface area contributed by atoms with Gasteiger partial charge in [0.1, 0.15) is 28.8 Å². The molecule has 2 aromatic carbocycles. The summed E-state index contributed by atoms with van der Waals surface area (Å²) in [5, 5.41) is 9.82. The van der Waals surface area contributed by atoms with Gasteiger partial charge in [0, 0.05) is 36.4 Å². The number of aldehydes is 1. The van der Waals surface area contributed by atoms with E-state index in [4.69, 9.17) is 0 Å². The summed E-state index contributed by atoms with van der Waals surface area (Å²) in [6, 6.07) is 13.8. The third kappa shape index (κ3) is 4.75. The molecule has 0 saturated carbocycles. The molecular formula is C26H25FN6O2. The Morgan fingerprint density at radius 2 is 1.80 bits per heavy atom. The SMILES string of the molecule is CC1(CC=O)CCN(c2ccc(Nc3nc(-c4ccc(F)cc4)nc4cn[nH]c(=O)c34)cc2)CC1. The molecule has 1 aliphatic rings. The Bertz CT molecular complexity index is 1410. The van der Waals surface area contributed by atoms with Crippen LogP contribution in [0.1, 0.15) is 26.2 Å². The maximum atomic E-state index is 13.4. The fraction of sp³-hybridized carbons (Fsp3) is 0.269. The largest absolute Gasteiger partial charge is 0.371 e. The third-order valence-corrected chi connectivity index (χ3v) is 6.66. The zero-order chi connectivity index (χ0) is 24.4. The number of hydrogen-bond acceptors (Lipinski definition) is 7. The second-order valence-electron chi connectivity index (χ2n) is 9.20. The lowest BCUT2D eigenvalue weighted by Gasteiger charge is -2.39. The molecule has 1 aliphatic heterocycles. The monoisotopic (exact) mass is 472 g/mol. The van der Waals surface area contributed by atoms with Crippen molar-refractivity contribution in [2.45, 2.75) is 26.2 Å². The van der Waals surface area contributed by atoms with E-state index in [9.17, 15) is 14.0 Å². The Balaban J connectivity index is 1.42. The van der Waals surface area contributed by atoms with Crippen molar-refractivity contribution in [3.05, 3.63) is 70.9 Å². The molecule has 0 aliphatic carbocycles. The van der Waals surface area contributed by atoms with Crippen LogP contribution < -0.4 is 15.8 Å². The van der Waals surface area contributed by atoms with Crippen LogP contribution in [0.25, 0.3) is 22.3 Å². The number of nitrogens with one attached hydrogen (secondary N) is 2. The second kappa shape index (κ2) is 9.25. The minimum atomic E-state index is -0.404. The highest BCUT2D eigenvalue weighted by atomic mass is 19.1. The number of nitrogens with zero attached hydrogens (tertiary/aromatic N) is 4. The summed E-state index contributed by atoms with van der Waals surface area (Å²) in [5.74, 6) is 0.345. The summed E-state index contributed by atoms with van der Waals surface area (Å²) in [7, 11) is 0. The van der Waals surface area contributed by atoms with Crippen molar-refractivity contribution in [3.63, 3.8) is 0 Å². The summed E-state index contributed by atoms with van der Waals surface area (Å²) in [6.07, 6.45) is 5.04. The molecule has 5 rings (SSSR count). The topological polar surface area (TPSA) is 104 Å². The molecule has 1 fully saturated rings. The molecule has 2 aromatic heterocycles. The maximum absolute atomic E-state index is 13.4. The van der Waals surface area contributed by atoms with Gasteiger partial charge >= 0.3 is 0 Å². The molecule has 9 heteroatoms. The van der Waals surface area contributed by atoms with Crippen molar-refractivity contribution in [2.24, 2.45) is 5.41 Å². The first-order valence-corrected chi connectivity index (χ1v) is 11.5. The summed E-state index contributed by atoms with van der Waals surface area (Å²) >= 11 is 0. The number of piperidine rings is 1. The van der Waals surface area contributed by atoms with Crippen LogP contribution in [0, 0.1) is 11.2 Å². The summed E-state index contributed by atoms with van der Waals surface area (Å²) < 4.78 is 13.4. The Labute approximate surface area is 201 Å². The average Bonchev–Trinajstić information content (AvgIpc) is 2.85. The average molecular weight is 473 g/mol. The fourth-order valence-electron chi connectivity index (χ4n) is 4.42. The quantitative estimate of drug-likeness (QED) is 0.399. The van der Waals surface area contributed by atoms with Gasteiger partial charge in [0.2, 0.25) is 0 Å². The van der Waals surface area contributed by atoms with Crippen molar-refractivity contribution in [2.75, 3.05) is 23.3 Å². The molecule has 0 spiro atoms. The highest BCUT2D eigenvalue weighted by molar-refractivity contribution is 5.91. The van der Waals surface area contributed by atoms with Crippen molar-refractivity contribution >= 4 is 34.4 Å². The highest BCUT2D eigenvalue weighted by Gasteiger charge is 2.29. The van der Waals surface area contributed by atoms with Gasteiger partial charge in [-0.15, -0.1) is 0 Å². The zero-order valence-corrected chi connectivity index (χ0v) is 19.3. The molecule has 0 radical (unpaired) electrons. The van der Waals surface area contributed by atoms with Crippen molar-refractivity contribution < 1.29 is 9.18 Å². The van der Waals surface area contributed by atoms with Crippen LogP contribution in [0.15, 0.2) is 59.5 Å². The van der Waals surface area contributed by atoms with Gasteiger partial charge in [-0.2, -0.15) is 5.10 Å². The lowest BCUT2D eigenvalue weighted by Crippen LogP contribution is -2.38. The van der Waals surface area contributed by atoms with E-state index < -0.39 is 5.56 Å². The number of aromatic amines is 1. The minimum Gasteiger partial charge on any atom is -0.371 e. The molecular weight excluding hydrogens is 447 g/mol. The molecule has 0 unspecified atom stereocenters. The molecule has 4 aromatic rings. The van der Waals surface area contributed by atoms with Crippen LogP contribution in [-0.4, -0.2) is 39.5 Å². The second-order valence-corrected chi connectivity index (χ2v) is 9.20. The number of anilines is 3. The molecule has 1 saturated heterocycles. The number of hydrogen-bond donors (Lipinski definition) is 2. The van der Waals surface area contributed by atoms with E-state index >= 15 is 0 Å². The Hall–Kier alpha value is -4.14. The molecule has 0 bridgehead atoms. The number of H-pyrrole nitrogens is 1. The van der Waals surface area contributed by atoms with E-state index in [1.54, 1.807) is 12.1 Å². The van der Waals surface area contributed by atoms with Gasteiger partial charge in [0.25, 0.3) is 5.56 Å². The van der Waals surface area contributed by atoms with Gasteiger partial charge < -0.3 is 15.0 Å². The van der Waals surface area contributed by atoms with Crippen LogP contribution in [0.5, 0.6) is 0 Å². The molecule has 0 atom stereocenters. The van der Waals surface area contributed by atoms with Gasteiger partial charge in [-0.25, -0.2) is 19.5 Å². The van der Waals surface area contributed by atoms with Crippen LogP contribution in [0.4, 0.5) is 21.6 Å². The molecule has 2 N–H and O–H groups in total. The van der Waals surface area contributed by atoms with E-state index in [0.717, 1.165) is 43.6 Å². The van der Waals surface area contributed by atoms with E-state index in [1.165, 1.54) is 18.3 Å². The number of halogens is 1.